The number of carbonyl (C=O) groups is 1. The SMILES string of the molecule is O=C(Cl)/C=C1\CCc2cc(F)cc(F)c21. The summed E-state index contributed by atoms with van der Waals surface area (Å²) in [5, 5.41) is -0.637. The highest BCUT2D eigenvalue weighted by Crippen LogP contribution is 2.34. The Balaban J connectivity index is 2.56. The lowest BCUT2D eigenvalue weighted by atomic mass is 10.1. The maximum absolute atomic E-state index is 13.4. The van der Waals surface area contributed by atoms with Crippen molar-refractivity contribution in [1.82, 2.24) is 0 Å². The van der Waals surface area contributed by atoms with Crippen LogP contribution in [0.25, 0.3) is 5.57 Å². The molecule has 1 nitrogen and oxygen atoms in total. The fourth-order valence-electron chi connectivity index (χ4n) is 1.86. The highest BCUT2D eigenvalue weighted by molar-refractivity contribution is 6.67. The van der Waals surface area contributed by atoms with Gasteiger partial charge in [0, 0.05) is 17.7 Å². The molecule has 0 bridgehead atoms. The first kappa shape index (κ1) is 10.3. The summed E-state index contributed by atoms with van der Waals surface area (Å²) in [6.45, 7) is 0. The van der Waals surface area contributed by atoms with Gasteiger partial charge in [-0.1, -0.05) is 0 Å². The molecular formula is C11H7ClF2O. The Morgan fingerprint density at radius 3 is 2.73 bits per heavy atom. The number of allylic oxidation sites excluding steroid dienone is 2. The van der Waals surface area contributed by atoms with Gasteiger partial charge in [0.15, 0.2) is 0 Å². The molecule has 4 heteroatoms. The molecule has 0 radical (unpaired) electrons. The third kappa shape index (κ3) is 1.92. The van der Waals surface area contributed by atoms with Crippen LogP contribution in [-0.4, -0.2) is 5.24 Å². The highest BCUT2D eigenvalue weighted by atomic mass is 35.5. The summed E-state index contributed by atoms with van der Waals surface area (Å²) in [4.78, 5) is 10.7. The van der Waals surface area contributed by atoms with Crippen LogP contribution in [0.1, 0.15) is 17.5 Å². The van der Waals surface area contributed by atoms with Gasteiger partial charge in [-0.2, -0.15) is 0 Å². The molecule has 1 aromatic rings. The predicted molar refractivity (Wildman–Crippen MR) is 53.5 cm³/mol. The minimum atomic E-state index is -0.637. The number of halogens is 3. The molecule has 15 heavy (non-hydrogen) atoms. The molecule has 0 aliphatic heterocycles. The van der Waals surface area contributed by atoms with E-state index in [4.69, 9.17) is 11.6 Å². The van der Waals surface area contributed by atoms with Crippen LogP contribution >= 0.6 is 11.6 Å². The molecule has 2 rings (SSSR count). The quantitative estimate of drug-likeness (QED) is 0.533. The first-order chi connectivity index (χ1) is 7.08. The summed E-state index contributed by atoms with van der Waals surface area (Å²) >= 11 is 5.20. The van der Waals surface area contributed by atoms with Gasteiger partial charge in [0.2, 0.25) is 5.24 Å². The van der Waals surface area contributed by atoms with Crippen molar-refractivity contribution in [3.63, 3.8) is 0 Å². The summed E-state index contributed by atoms with van der Waals surface area (Å²) in [6.07, 6.45) is 2.25. The van der Waals surface area contributed by atoms with E-state index in [0.29, 0.717) is 29.5 Å². The smallest absolute Gasteiger partial charge is 0.245 e. The van der Waals surface area contributed by atoms with Crippen molar-refractivity contribution in [2.45, 2.75) is 12.8 Å². The lowest BCUT2D eigenvalue weighted by molar-refractivity contribution is -0.107. The summed E-state index contributed by atoms with van der Waals surface area (Å²) in [5.74, 6) is -1.23. The van der Waals surface area contributed by atoms with E-state index in [0.717, 1.165) is 6.07 Å². The van der Waals surface area contributed by atoms with Gasteiger partial charge in [0.25, 0.3) is 0 Å². The average Bonchev–Trinajstić information content (AvgIpc) is 2.46. The lowest BCUT2D eigenvalue weighted by Crippen LogP contribution is -1.91. The Morgan fingerprint density at radius 1 is 1.33 bits per heavy atom. The normalized spacial score (nSPS) is 16.9. The molecule has 78 valence electrons. The van der Waals surface area contributed by atoms with E-state index >= 15 is 0 Å². The number of fused-ring (bicyclic) bond motifs is 1. The van der Waals surface area contributed by atoms with Gasteiger partial charge in [-0.15, -0.1) is 0 Å². The van der Waals surface area contributed by atoms with Gasteiger partial charge in [-0.05, 0) is 41.6 Å². The van der Waals surface area contributed by atoms with Crippen molar-refractivity contribution in [2.24, 2.45) is 0 Å². The van der Waals surface area contributed by atoms with E-state index in [-0.39, 0.29) is 0 Å². The van der Waals surface area contributed by atoms with Crippen molar-refractivity contribution in [3.8, 4) is 0 Å². The molecule has 0 N–H and O–H groups in total. The monoisotopic (exact) mass is 228 g/mol. The van der Waals surface area contributed by atoms with Gasteiger partial charge in [0.1, 0.15) is 11.6 Å². The molecule has 0 unspecified atom stereocenters. The largest absolute Gasteiger partial charge is 0.276 e. The van der Waals surface area contributed by atoms with Crippen LogP contribution in [0.5, 0.6) is 0 Å². The topological polar surface area (TPSA) is 17.1 Å². The maximum Gasteiger partial charge on any atom is 0.245 e. The third-order valence-electron chi connectivity index (χ3n) is 2.41. The van der Waals surface area contributed by atoms with Crippen LogP contribution in [0.3, 0.4) is 0 Å². The highest BCUT2D eigenvalue weighted by Gasteiger charge is 2.21. The lowest BCUT2D eigenvalue weighted by Gasteiger charge is -2.02. The molecule has 0 atom stereocenters. The van der Waals surface area contributed by atoms with E-state index in [2.05, 4.69) is 0 Å². The van der Waals surface area contributed by atoms with E-state index in [9.17, 15) is 13.6 Å². The summed E-state index contributed by atoms with van der Waals surface area (Å²) < 4.78 is 26.3. The molecule has 1 aromatic carbocycles. The minimum absolute atomic E-state index is 0.324. The van der Waals surface area contributed by atoms with Crippen molar-refractivity contribution >= 4 is 22.4 Å². The molecule has 0 spiro atoms. The molecule has 0 fully saturated rings. The zero-order valence-electron chi connectivity index (χ0n) is 7.69. The zero-order valence-corrected chi connectivity index (χ0v) is 8.44. The molecule has 1 aliphatic rings. The molecule has 0 aromatic heterocycles. The number of rotatable bonds is 1. The fraction of sp³-hybridized carbons (Fsp3) is 0.182. The van der Waals surface area contributed by atoms with Crippen LogP contribution in [0.4, 0.5) is 8.78 Å². The molecule has 0 saturated carbocycles. The number of benzene rings is 1. The number of aryl methyl sites for hydroxylation is 1. The van der Waals surface area contributed by atoms with Gasteiger partial charge >= 0.3 is 0 Å². The molecule has 0 saturated heterocycles. The predicted octanol–water partition coefficient (Wildman–Crippen LogP) is 3.06. The standard InChI is InChI=1S/C11H7ClF2O/c12-10(15)4-7-2-1-6-3-8(13)5-9(14)11(6)7/h3-5H,1-2H2/b7-4+. The van der Waals surface area contributed by atoms with Gasteiger partial charge < -0.3 is 0 Å². The zero-order chi connectivity index (χ0) is 11.0. The minimum Gasteiger partial charge on any atom is -0.276 e. The van der Waals surface area contributed by atoms with Gasteiger partial charge in [-0.25, -0.2) is 8.78 Å². The van der Waals surface area contributed by atoms with Crippen LogP contribution in [0.15, 0.2) is 18.2 Å². The third-order valence-corrected chi connectivity index (χ3v) is 2.52. The second-order valence-corrected chi connectivity index (χ2v) is 3.77. The van der Waals surface area contributed by atoms with Crippen LogP contribution < -0.4 is 0 Å². The molecular weight excluding hydrogens is 222 g/mol. The Morgan fingerprint density at radius 2 is 2.07 bits per heavy atom. The maximum atomic E-state index is 13.4. The number of hydrogen-bond donors (Lipinski definition) is 0. The summed E-state index contributed by atoms with van der Waals surface area (Å²) in [7, 11) is 0. The number of carbonyl (C=O) groups excluding carboxylic acids is 1. The Labute approximate surface area is 90.4 Å². The Hall–Kier alpha value is -1.22. The van der Waals surface area contributed by atoms with E-state index in [1.54, 1.807) is 0 Å². The van der Waals surface area contributed by atoms with Crippen molar-refractivity contribution in [2.75, 3.05) is 0 Å². The van der Waals surface area contributed by atoms with Gasteiger partial charge in [-0.3, -0.25) is 4.79 Å². The summed E-state index contributed by atoms with van der Waals surface area (Å²) in [6, 6.07) is 2.11. The molecule has 0 heterocycles. The van der Waals surface area contributed by atoms with Crippen molar-refractivity contribution < 1.29 is 13.6 Å². The average molecular weight is 229 g/mol. The van der Waals surface area contributed by atoms with Crippen LogP contribution in [-0.2, 0) is 11.2 Å². The second kappa shape index (κ2) is 3.74. The van der Waals surface area contributed by atoms with Crippen LogP contribution in [0, 0.1) is 11.6 Å². The fourth-order valence-corrected chi connectivity index (χ4v) is 1.99. The number of hydrogen-bond acceptors (Lipinski definition) is 1. The second-order valence-electron chi connectivity index (χ2n) is 3.40. The van der Waals surface area contributed by atoms with E-state index < -0.39 is 16.9 Å². The van der Waals surface area contributed by atoms with Gasteiger partial charge in [0.05, 0.1) is 0 Å². The Bertz CT molecular complexity index is 466. The van der Waals surface area contributed by atoms with Crippen molar-refractivity contribution in [1.29, 1.82) is 0 Å². The summed E-state index contributed by atoms with van der Waals surface area (Å²) in [5.41, 5.74) is 1.46. The van der Waals surface area contributed by atoms with Crippen LogP contribution in [0.2, 0.25) is 0 Å². The molecule has 1 aliphatic carbocycles. The van der Waals surface area contributed by atoms with E-state index in [1.165, 1.54) is 12.1 Å². The van der Waals surface area contributed by atoms with Crippen molar-refractivity contribution in [3.05, 3.63) is 41.0 Å². The first-order valence-electron chi connectivity index (χ1n) is 4.46. The van der Waals surface area contributed by atoms with E-state index in [1.807, 2.05) is 0 Å². The Kier molecular flexibility index (Phi) is 2.57. The first-order valence-corrected chi connectivity index (χ1v) is 4.84. The molecule has 0 amide bonds.